The van der Waals surface area contributed by atoms with Crippen LogP contribution in [0.5, 0.6) is 0 Å². The summed E-state index contributed by atoms with van der Waals surface area (Å²) in [7, 11) is 0. The molecule has 2 rings (SSSR count). The van der Waals surface area contributed by atoms with E-state index in [9.17, 15) is 0 Å². The average Bonchev–Trinajstić information content (AvgIpc) is 2.67. The molecule has 1 N–H and O–H groups in total. The number of aromatic nitrogens is 2. The lowest BCUT2D eigenvalue weighted by Crippen LogP contribution is -2.07. The van der Waals surface area contributed by atoms with Gasteiger partial charge >= 0.3 is 0 Å². The summed E-state index contributed by atoms with van der Waals surface area (Å²) in [4.78, 5) is 4.51. The van der Waals surface area contributed by atoms with E-state index in [0.717, 1.165) is 39.2 Å². The van der Waals surface area contributed by atoms with Crippen LogP contribution in [0.4, 0.5) is 5.95 Å². The van der Waals surface area contributed by atoms with Crippen molar-refractivity contribution in [3.05, 3.63) is 39.0 Å². The summed E-state index contributed by atoms with van der Waals surface area (Å²) >= 11 is 7.05. The fourth-order valence-electron chi connectivity index (χ4n) is 1.72. The molecule has 0 fully saturated rings. The first-order valence-corrected chi connectivity index (χ1v) is 7.45. The van der Waals surface area contributed by atoms with E-state index in [4.69, 9.17) is 0 Å². The molecule has 0 radical (unpaired) electrons. The van der Waals surface area contributed by atoms with E-state index in [0.29, 0.717) is 0 Å². The van der Waals surface area contributed by atoms with E-state index in [2.05, 4.69) is 59.7 Å². The van der Waals surface area contributed by atoms with Crippen LogP contribution in [0.3, 0.4) is 0 Å². The number of benzene rings is 1. The molecule has 0 saturated heterocycles. The molecule has 1 aromatic heterocycles. The Kier molecular flexibility index (Phi) is 4.45. The minimum atomic E-state index is 0.886. The van der Waals surface area contributed by atoms with Crippen LogP contribution in [0.2, 0.25) is 0 Å². The standard InChI is InChI=1S/C13H15Br2N3/c1-3-6-16-13-17-9(2)8-18(13)12-5-4-10(14)7-11(12)15/h4-5,7-8H,3,6H2,1-2H3,(H,16,17). The van der Waals surface area contributed by atoms with Crippen LogP contribution < -0.4 is 5.32 Å². The number of nitrogens with zero attached hydrogens (tertiary/aromatic N) is 2. The predicted octanol–water partition coefficient (Wildman–Crippen LogP) is 4.53. The number of aryl methyl sites for hydroxylation is 1. The SMILES string of the molecule is CCCNc1nc(C)cn1-c1ccc(Br)cc1Br. The molecule has 0 aliphatic carbocycles. The highest BCUT2D eigenvalue weighted by Crippen LogP contribution is 2.27. The zero-order chi connectivity index (χ0) is 13.1. The highest BCUT2D eigenvalue weighted by Gasteiger charge is 2.09. The maximum Gasteiger partial charge on any atom is 0.207 e. The molecule has 2 aromatic rings. The molecule has 0 bridgehead atoms. The van der Waals surface area contributed by atoms with Crippen LogP contribution in [0.1, 0.15) is 19.0 Å². The predicted molar refractivity (Wildman–Crippen MR) is 82.5 cm³/mol. The maximum atomic E-state index is 4.51. The molecular formula is C13H15Br2N3. The second kappa shape index (κ2) is 5.89. The van der Waals surface area contributed by atoms with Gasteiger partial charge in [-0.1, -0.05) is 22.9 Å². The van der Waals surface area contributed by atoms with Crippen LogP contribution in [-0.4, -0.2) is 16.1 Å². The van der Waals surface area contributed by atoms with Gasteiger partial charge in [0, 0.05) is 21.7 Å². The Balaban J connectivity index is 2.42. The number of hydrogen-bond donors (Lipinski definition) is 1. The van der Waals surface area contributed by atoms with E-state index in [1.54, 1.807) is 0 Å². The number of anilines is 1. The normalized spacial score (nSPS) is 10.7. The van der Waals surface area contributed by atoms with Gasteiger partial charge in [-0.15, -0.1) is 0 Å². The lowest BCUT2D eigenvalue weighted by Gasteiger charge is -2.11. The van der Waals surface area contributed by atoms with Crippen molar-refractivity contribution in [2.24, 2.45) is 0 Å². The second-order valence-electron chi connectivity index (χ2n) is 4.10. The summed E-state index contributed by atoms with van der Waals surface area (Å²) in [5.41, 5.74) is 2.08. The molecule has 0 spiro atoms. The Labute approximate surface area is 124 Å². The smallest absolute Gasteiger partial charge is 0.207 e. The molecule has 0 amide bonds. The number of nitrogens with one attached hydrogen (secondary N) is 1. The number of hydrogen-bond acceptors (Lipinski definition) is 2. The zero-order valence-corrected chi connectivity index (χ0v) is 13.5. The molecule has 96 valence electrons. The van der Waals surface area contributed by atoms with Gasteiger partial charge in [-0.25, -0.2) is 4.98 Å². The van der Waals surface area contributed by atoms with Crippen molar-refractivity contribution in [2.45, 2.75) is 20.3 Å². The van der Waals surface area contributed by atoms with E-state index < -0.39 is 0 Å². The van der Waals surface area contributed by atoms with Gasteiger partial charge in [0.15, 0.2) is 0 Å². The third-order valence-electron chi connectivity index (χ3n) is 2.53. The lowest BCUT2D eigenvalue weighted by molar-refractivity contribution is 0.935. The Hall–Kier alpha value is -0.810. The summed E-state index contributed by atoms with van der Waals surface area (Å²) in [6.45, 7) is 5.06. The molecule has 1 heterocycles. The highest BCUT2D eigenvalue weighted by atomic mass is 79.9. The molecule has 0 unspecified atom stereocenters. The van der Waals surface area contributed by atoms with Crippen molar-refractivity contribution >= 4 is 37.8 Å². The first-order valence-electron chi connectivity index (χ1n) is 5.87. The molecule has 1 aromatic carbocycles. The van der Waals surface area contributed by atoms with E-state index >= 15 is 0 Å². The van der Waals surface area contributed by atoms with Crippen LogP contribution in [0.15, 0.2) is 33.3 Å². The molecule has 3 nitrogen and oxygen atoms in total. The number of rotatable bonds is 4. The molecule has 0 aliphatic heterocycles. The van der Waals surface area contributed by atoms with Crippen molar-refractivity contribution in [1.82, 2.24) is 9.55 Å². The van der Waals surface area contributed by atoms with Gasteiger partial charge < -0.3 is 5.32 Å². The van der Waals surface area contributed by atoms with Gasteiger partial charge in [0.2, 0.25) is 5.95 Å². The molecule has 0 aliphatic rings. The van der Waals surface area contributed by atoms with Crippen molar-refractivity contribution in [3.8, 4) is 5.69 Å². The van der Waals surface area contributed by atoms with E-state index in [-0.39, 0.29) is 0 Å². The molecule has 5 heteroatoms. The summed E-state index contributed by atoms with van der Waals surface area (Å²) in [5.74, 6) is 0.886. The molecule has 0 saturated carbocycles. The minimum absolute atomic E-state index is 0.886. The maximum absolute atomic E-state index is 4.51. The topological polar surface area (TPSA) is 29.9 Å². The van der Waals surface area contributed by atoms with Gasteiger partial charge in [-0.05, 0) is 47.5 Å². The van der Waals surface area contributed by atoms with Crippen LogP contribution in [0, 0.1) is 6.92 Å². The minimum Gasteiger partial charge on any atom is -0.355 e. The Morgan fingerprint density at radius 2 is 2.11 bits per heavy atom. The Bertz CT molecular complexity index is 549. The van der Waals surface area contributed by atoms with Gasteiger partial charge in [-0.3, -0.25) is 4.57 Å². The largest absolute Gasteiger partial charge is 0.355 e. The van der Waals surface area contributed by atoms with Gasteiger partial charge in [0.25, 0.3) is 0 Å². The summed E-state index contributed by atoms with van der Waals surface area (Å²) in [6, 6.07) is 6.12. The molecular weight excluding hydrogens is 358 g/mol. The van der Waals surface area contributed by atoms with E-state index in [1.807, 2.05) is 25.3 Å². The van der Waals surface area contributed by atoms with Crippen molar-refractivity contribution < 1.29 is 0 Å². The highest BCUT2D eigenvalue weighted by molar-refractivity contribution is 9.11. The quantitative estimate of drug-likeness (QED) is 0.854. The Morgan fingerprint density at radius 1 is 1.33 bits per heavy atom. The lowest BCUT2D eigenvalue weighted by atomic mass is 10.3. The molecule has 18 heavy (non-hydrogen) atoms. The summed E-state index contributed by atoms with van der Waals surface area (Å²) in [5, 5.41) is 3.34. The van der Waals surface area contributed by atoms with Gasteiger partial charge in [0.05, 0.1) is 11.4 Å². The van der Waals surface area contributed by atoms with Gasteiger partial charge in [0.1, 0.15) is 0 Å². The fourth-order valence-corrected chi connectivity index (χ4v) is 2.96. The Morgan fingerprint density at radius 3 is 2.78 bits per heavy atom. The third kappa shape index (κ3) is 2.95. The van der Waals surface area contributed by atoms with Crippen LogP contribution >= 0.6 is 31.9 Å². The molecule has 0 atom stereocenters. The summed E-state index contributed by atoms with van der Waals surface area (Å²) in [6.07, 6.45) is 3.11. The van der Waals surface area contributed by atoms with Gasteiger partial charge in [-0.2, -0.15) is 0 Å². The van der Waals surface area contributed by atoms with E-state index in [1.165, 1.54) is 0 Å². The number of imidazole rings is 1. The first-order chi connectivity index (χ1) is 8.61. The number of halogens is 2. The third-order valence-corrected chi connectivity index (χ3v) is 3.66. The van der Waals surface area contributed by atoms with Crippen LogP contribution in [0.25, 0.3) is 5.69 Å². The monoisotopic (exact) mass is 371 g/mol. The second-order valence-corrected chi connectivity index (χ2v) is 5.87. The van der Waals surface area contributed by atoms with Crippen molar-refractivity contribution in [3.63, 3.8) is 0 Å². The van der Waals surface area contributed by atoms with Crippen LogP contribution in [-0.2, 0) is 0 Å². The van der Waals surface area contributed by atoms with Crippen molar-refractivity contribution in [2.75, 3.05) is 11.9 Å². The summed E-state index contributed by atoms with van der Waals surface area (Å²) < 4.78 is 4.16. The zero-order valence-electron chi connectivity index (χ0n) is 10.4. The first kappa shape index (κ1) is 13.6. The fraction of sp³-hybridized carbons (Fsp3) is 0.308. The average molecular weight is 373 g/mol. The van der Waals surface area contributed by atoms with Crippen molar-refractivity contribution in [1.29, 1.82) is 0 Å².